The molecule has 0 saturated heterocycles. The van der Waals surface area contributed by atoms with Crippen LogP contribution in [0, 0.1) is 4.77 Å². The maximum absolute atomic E-state index is 10.8. The Bertz CT molecular complexity index is 369. The van der Waals surface area contributed by atoms with Gasteiger partial charge in [-0.1, -0.05) is 0 Å². The Morgan fingerprint density at radius 1 is 1.69 bits per heavy atom. The van der Waals surface area contributed by atoms with Crippen molar-refractivity contribution < 1.29 is 4.74 Å². The lowest BCUT2D eigenvalue weighted by Crippen LogP contribution is -2.13. The molecule has 1 rings (SSSR count). The van der Waals surface area contributed by atoms with Crippen molar-refractivity contribution in [3.05, 3.63) is 27.4 Å². The summed E-state index contributed by atoms with van der Waals surface area (Å²) in [7, 11) is 0. The molecule has 0 aromatic carbocycles. The Hall–Kier alpha value is -0.940. The highest BCUT2D eigenvalue weighted by Gasteiger charge is 1.92. The Kier molecular flexibility index (Phi) is 3.85. The van der Waals surface area contributed by atoms with E-state index >= 15 is 0 Å². The van der Waals surface area contributed by atoms with E-state index in [9.17, 15) is 4.79 Å². The zero-order valence-electron chi connectivity index (χ0n) is 7.45. The summed E-state index contributed by atoms with van der Waals surface area (Å²) >= 11 is 4.94. The fourth-order valence-corrected chi connectivity index (χ4v) is 1.18. The summed E-state index contributed by atoms with van der Waals surface area (Å²) in [4.78, 5) is 13.3. The minimum absolute atomic E-state index is 0.169. The molecule has 72 valence electrons. The fourth-order valence-electron chi connectivity index (χ4n) is 0.928. The number of rotatable bonds is 4. The van der Waals surface area contributed by atoms with Gasteiger partial charge in [0, 0.05) is 25.4 Å². The molecule has 1 aromatic heterocycles. The number of aromatic nitrogens is 2. The molecule has 0 bridgehead atoms. The summed E-state index contributed by atoms with van der Waals surface area (Å²) in [6.45, 7) is 3.91. The van der Waals surface area contributed by atoms with Crippen LogP contribution in [0.25, 0.3) is 0 Å². The minimum Gasteiger partial charge on any atom is -0.380 e. The van der Waals surface area contributed by atoms with Gasteiger partial charge in [-0.3, -0.25) is 9.78 Å². The highest BCUT2D eigenvalue weighted by molar-refractivity contribution is 7.71. The Morgan fingerprint density at radius 2 is 2.46 bits per heavy atom. The summed E-state index contributed by atoms with van der Waals surface area (Å²) in [5, 5.41) is 0. The predicted molar refractivity (Wildman–Crippen MR) is 52.4 cm³/mol. The lowest BCUT2D eigenvalue weighted by molar-refractivity contribution is 0.138. The summed E-state index contributed by atoms with van der Waals surface area (Å²) in [6.07, 6.45) is 1.67. The molecule has 0 radical (unpaired) electrons. The second kappa shape index (κ2) is 4.94. The molecule has 5 heteroatoms. The van der Waals surface area contributed by atoms with Crippen LogP contribution in [-0.4, -0.2) is 22.8 Å². The second-order valence-corrected chi connectivity index (χ2v) is 2.89. The summed E-state index contributed by atoms with van der Waals surface area (Å²) in [6, 6.07) is 1.45. The van der Waals surface area contributed by atoms with Gasteiger partial charge in [-0.2, -0.15) is 0 Å². The minimum atomic E-state index is -0.169. The molecule has 0 aliphatic heterocycles. The SMILES string of the molecule is CCOCCn1ccc(=O)[nH]c1=S. The van der Waals surface area contributed by atoms with Crippen molar-refractivity contribution in [2.75, 3.05) is 13.2 Å². The predicted octanol–water partition coefficient (Wildman–Crippen LogP) is 0.942. The third kappa shape index (κ3) is 3.12. The molecular weight excluding hydrogens is 188 g/mol. The number of hydrogen-bond acceptors (Lipinski definition) is 3. The standard InChI is InChI=1S/C8H12N2O2S/c1-2-12-6-5-10-4-3-7(11)9-8(10)13/h3-4H,2,5-6H2,1H3,(H,9,11,13). The van der Waals surface area contributed by atoms with Gasteiger partial charge in [-0.05, 0) is 19.1 Å². The average molecular weight is 200 g/mol. The molecule has 1 N–H and O–H groups in total. The van der Waals surface area contributed by atoms with E-state index < -0.39 is 0 Å². The van der Waals surface area contributed by atoms with Crippen molar-refractivity contribution in [1.82, 2.24) is 9.55 Å². The number of hydrogen-bond donors (Lipinski definition) is 1. The molecule has 0 aliphatic carbocycles. The monoisotopic (exact) mass is 200 g/mol. The van der Waals surface area contributed by atoms with Gasteiger partial charge in [0.2, 0.25) is 0 Å². The van der Waals surface area contributed by atoms with Crippen molar-refractivity contribution in [3.63, 3.8) is 0 Å². The summed E-state index contributed by atoms with van der Waals surface area (Å²) in [5.74, 6) is 0. The highest BCUT2D eigenvalue weighted by atomic mass is 32.1. The van der Waals surface area contributed by atoms with Crippen LogP contribution in [0.1, 0.15) is 6.92 Å². The van der Waals surface area contributed by atoms with Crippen LogP contribution in [0.4, 0.5) is 0 Å². The van der Waals surface area contributed by atoms with Gasteiger partial charge >= 0.3 is 0 Å². The van der Waals surface area contributed by atoms with E-state index in [1.54, 1.807) is 10.8 Å². The third-order valence-corrected chi connectivity index (χ3v) is 1.91. The maximum atomic E-state index is 10.8. The second-order valence-electron chi connectivity index (χ2n) is 2.50. The van der Waals surface area contributed by atoms with Crippen LogP contribution in [0.15, 0.2) is 17.1 Å². The molecule has 0 atom stereocenters. The Balaban J connectivity index is 2.67. The van der Waals surface area contributed by atoms with Crippen LogP contribution in [0.3, 0.4) is 0 Å². The van der Waals surface area contributed by atoms with E-state index in [4.69, 9.17) is 17.0 Å². The molecule has 0 saturated carbocycles. The van der Waals surface area contributed by atoms with Gasteiger partial charge in [-0.15, -0.1) is 0 Å². The number of ether oxygens (including phenoxy) is 1. The average Bonchev–Trinajstić information content (AvgIpc) is 2.09. The summed E-state index contributed by atoms with van der Waals surface area (Å²) < 4.78 is 7.37. The number of nitrogens with zero attached hydrogens (tertiary/aromatic N) is 1. The van der Waals surface area contributed by atoms with E-state index in [0.29, 0.717) is 24.5 Å². The number of aromatic amines is 1. The van der Waals surface area contributed by atoms with Crippen molar-refractivity contribution in [3.8, 4) is 0 Å². The number of H-pyrrole nitrogens is 1. The van der Waals surface area contributed by atoms with E-state index in [1.165, 1.54) is 6.07 Å². The van der Waals surface area contributed by atoms with Crippen molar-refractivity contribution >= 4 is 12.2 Å². The quantitative estimate of drug-likeness (QED) is 0.581. The molecule has 0 spiro atoms. The van der Waals surface area contributed by atoms with Gasteiger partial charge in [0.1, 0.15) is 0 Å². The van der Waals surface area contributed by atoms with Crippen molar-refractivity contribution in [2.45, 2.75) is 13.5 Å². The van der Waals surface area contributed by atoms with Crippen molar-refractivity contribution in [1.29, 1.82) is 0 Å². The first-order valence-electron chi connectivity index (χ1n) is 4.11. The van der Waals surface area contributed by atoms with Crippen LogP contribution in [0.2, 0.25) is 0 Å². The van der Waals surface area contributed by atoms with Crippen LogP contribution >= 0.6 is 12.2 Å². The number of nitrogens with one attached hydrogen (secondary N) is 1. The van der Waals surface area contributed by atoms with Crippen LogP contribution < -0.4 is 5.56 Å². The van der Waals surface area contributed by atoms with Gasteiger partial charge in [-0.25, -0.2) is 0 Å². The van der Waals surface area contributed by atoms with Gasteiger partial charge in [0.25, 0.3) is 5.56 Å². The first-order chi connectivity index (χ1) is 6.24. The topological polar surface area (TPSA) is 47.0 Å². The van der Waals surface area contributed by atoms with E-state index in [0.717, 1.165) is 0 Å². The Morgan fingerprint density at radius 3 is 3.08 bits per heavy atom. The summed E-state index contributed by atoms with van der Waals surface area (Å²) in [5.41, 5.74) is -0.169. The molecule has 13 heavy (non-hydrogen) atoms. The zero-order chi connectivity index (χ0) is 9.68. The Labute approximate surface area is 81.2 Å². The van der Waals surface area contributed by atoms with E-state index in [1.807, 2.05) is 6.92 Å². The molecular formula is C8H12N2O2S. The molecule has 0 fully saturated rings. The third-order valence-electron chi connectivity index (χ3n) is 1.58. The van der Waals surface area contributed by atoms with Gasteiger partial charge < -0.3 is 9.30 Å². The zero-order valence-corrected chi connectivity index (χ0v) is 8.26. The molecule has 0 unspecified atom stereocenters. The van der Waals surface area contributed by atoms with Crippen molar-refractivity contribution in [2.24, 2.45) is 0 Å². The van der Waals surface area contributed by atoms with E-state index in [2.05, 4.69) is 4.98 Å². The lowest BCUT2D eigenvalue weighted by atomic mass is 10.6. The largest absolute Gasteiger partial charge is 0.380 e. The highest BCUT2D eigenvalue weighted by Crippen LogP contribution is 1.87. The van der Waals surface area contributed by atoms with Crippen LogP contribution in [0.5, 0.6) is 0 Å². The van der Waals surface area contributed by atoms with Gasteiger partial charge in [0.05, 0.1) is 6.61 Å². The van der Waals surface area contributed by atoms with Gasteiger partial charge in [0.15, 0.2) is 4.77 Å². The lowest BCUT2D eigenvalue weighted by Gasteiger charge is -2.05. The smallest absolute Gasteiger partial charge is 0.251 e. The fraction of sp³-hybridized carbons (Fsp3) is 0.500. The molecule has 4 nitrogen and oxygen atoms in total. The van der Waals surface area contributed by atoms with E-state index in [-0.39, 0.29) is 5.56 Å². The first kappa shape index (κ1) is 10.1. The molecule has 1 aromatic rings. The maximum Gasteiger partial charge on any atom is 0.251 e. The first-order valence-corrected chi connectivity index (χ1v) is 4.52. The molecule has 0 aliphatic rings. The van der Waals surface area contributed by atoms with Crippen LogP contribution in [-0.2, 0) is 11.3 Å². The molecule has 0 amide bonds. The normalized spacial score (nSPS) is 10.2. The molecule has 1 heterocycles.